The van der Waals surface area contributed by atoms with Crippen molar-refractivity contribution in [1.82, 2.24) is 0 Å². The van der Waals surface area contributed by atoms with Crippen LogP contribution < -0.4 is 4.74 Å². The highest BCUT2D eigenvalue weighted by Crippen LogP contribution is 2.24. The highest BCUT2D eigenvalue weighted by atomic mass is 16.6. The predicted octanol–water partition coefficient (Wildman–Crippen LogP) is 4.80. The lowest BCUT2D eigenvalue weighted by atomic mass is 10.0. The first-order valence-electron chi connectivity index (χ1n) is 6.31. The molecule has 0 saturated carbocycles. The van der Waals surface area contributed by atoms with Crippen LogP contribution in [0, 0.1) is 12.5 Å². The predicted molar refractivity (Wildman–Crippen MR) is 76.1 cm³/mol. The summed E-state index contributed by atoms with van der Waals surface area (Å²) in [6, 6.07) is 13.3. The van der Waals surface area contributed by atoms with Gasteiger partial charge in [-0.2, -0.15) is 0 Å². The Kier molecular flexibility index (Phi) is 4.62. The normalized spacial score (nSPS) is 11.8. The molecule has 0 N–H and O–H groups in total. The summed E-state index contributed by atoms with van der Waals surface area (Å²) in [7, 11) is 0. The molecule has 0 aliphatic carbocycles. The molecule has 0 saturated heterocycles. The minimum absolute atomic E-state index is 0.212. The Balaban J connectivity index is 1.92. The van der Waals surface area contributed by atoms with Gasteiger partial charge in [0, 0.05) is 12.5 Å². The van der Waals surface area contributed by atoms with E-state index in [1.165, 1.54) is 0 Å². The van der Waals surface area contributed by atoms with Gasteiger partial charge in [-0.15, -0.1) is 6.58 Å². The van der Waals surface area contributed by atoms with Crippen molar-refractivity contribution in [2.45, 2.75) is 12.8 Å². The second kappa shape index (κ2) is 6.64. The topological polar surface area (TPSA) is 22.4 Å². The first-order valence-corrected chi connectivity index (χ1v) is 6.31. The van der Waals surface area contributed by atoms with Gasteiger partial charge < -0.3 is 9.15 Å². The van der Waals surface area contributed by atoms with Crippen LogP contribution in [0.3, 0.4) is 0 Å². The van der Waals surface area contributed by atoms with E-state index in [2.05, 4.69) is 6.58 Å². The highest BCUT2D eigenvalue weighted by Gasteiger charge is 2.06. The molecule has 0 fully saturated rings. The smallest absolute Gasteiger partial charge is 0.290 e. The van der Waals surface area contributed by atoms with E-state index in [0.717, 1.165) is 24.4 Å². The van der Waals surface area contributed by atoms with E-state index in [0.29, 0.717) is 5.95 Å². The van der Waals surface area contributed by atoms with Crippen LogP contribution in [0.25, 0.3) is 0 Å². The van der Waals surface area contributed by atoms with Crippen LogP contribution in [0.15, 0.2) is 65.6 Å². The van der Waals surface area contributed by atoms with Crippen LogP contribution in [0.4, 0.5) is 0 Å². The molecule has 0 spiro atoms. The molecule has 1 radical (unpaired) electrons. The molecule has 1 unspecified atom stereocenters. The minimum atomic E-state index is 0.212. The van der Waals surface area contributed by atoms with E-state index >= 15 is 0 Å². The van der Waals surface area contributed by atoms with Gasteiger partial charge in [-0.25, -0.2) is 0 Å². The molecule has 2 rings (SSSR count). The Morgan fingerprint density at radius 1 is 1.21 bits per heavy atom. The molecule has 2 nitrogen and oxygen atoms in total. The maximum Gasteiger partial charge on any atom is 0.290 e. The van der Waals surface area contributed by atoms with Gasteiger partial charge >= 0.3 is 0 Å². The zero-order chi connectivity index (χ0) is 13.5. The van der Waals surface area contributed by atoms with Crippen molar-refractivity contribution in [3.05, 3.63) is 73.5 Å². The molecule has 1 aromatic carbocycles. The average molecular weight is 253 g/mol. The fourth-order valence-corrected chi connectivity index (χ4v) is 1.75. The number of hydrogen-bond acceptors (Lipinski definition) is 2. The van der Waals surface area contributed by atoms with E-state index in [4.69, 9.17) is 15.7 Å². The maximum atomic E-state index is 5.62. The summed E-state index contributed by atoms with van der Waals surface area (Å²) >= 11 is 0. The van der Waals surface area contributed by atoms with Crippen molar-refractivity contribution in [1.29, 1.82) is 0 Å². The number of rotatable bonds is 7. The summed E-state index contributed by atoms with van der Waals surface area (Å²) in [5.41, 5.74) is 0. The van der Waals surface area contributed by atoms with Gasteiger partial charge in [0.25, 0.3) is 5.95 Å². The van der Waals surface area contributed by atoms with Crippen molar-refractivity contribution < 1.29 is 9.15 Å². The Hall–Kier alpha value is -2.22. The number of ether oxygens (including phenoxy) is 1. The minimum Gasteiger partial charge on any atom is -0.431 e. The van der Waals surface area contributed by atoms with Crippen molar-refractivity contribution in [3.8, 4) is 11.7 Å². The summed E-state index contributed by atoms with van der Waals surface area (Å²) in [6.45, 7) is 9.24. The van der Waals surface area contributed by atoms with Crippen molar-refractivity contribution in [2.75, 3.05) is 0 Å². The zero-order valence-electron chi connectivity index (χ0n) is 10.8. The van der Waals surface area contributed by atoms with Crippen LogP contribution >= 0.6 is 0 Å². The van der Waals surface area contributed by atoms with Crippen molar-refractivity contribution in [3.63, 3.8) is 0 Å². The Bertz CT molecular complexity index is 517. The monoisotopic (exact) mass is 253 g/mol. The third-order valence-corrected chi connectivity index (χ3v) is 2.87. The third-order valence-electron chi connectivity index (χ3n) is 2.87. The molecule has 0 aliphatic heterocycles. The average Bonchev–Trinajstić information content (AvgIpc) is 2.89. The molecule has 1 heterocycles. The number of benzene rings is 1. The number of para-hydroxylation sites is 1. The first-order chi connectivity index (χ1) is 9.31. The van der Waals surface area contributed by atoms with Gasteiger partial charge in [-0.05, 0) is 30.5 Å². The first kappa shape index (κ1) is 13.2. The number of hydrogen-bond donors (Lipinski definition) is 0. The molecule has 97 valence electrons. The van der Waals surface area contributed by atoms with Gasteiger partial charge in [0.15, 0.2) is 0 Å². The lowest BCUT2D eigenvalue weighted by Gasteiger charge is -2.04. The van der Waals surface area contributed by atoms with Gasteiger partial charge in [0.2, 0.25) is 0 Å². The molecular weight excluding hydrogens is 236 g/mol. The quantitative estimate of drug-likeness (QED) is 0.661. The van der Waals surface area contributed by atoms with E-state index in [1.807, 2.05) is 48.5 Å². The lowest BCUT2D eigenvalue weighted by molar-refractivity contribution is 0.330. The van der Waals surface area contributed by atoms with E-state index in [-0.39, 0.29) is 5.92 Å². The Morgan fingerprint density at radius 3 is 2.68 bits per heavy atom. The molecule has 1 aromatic heterocycles. The van der Waals surface area contributed by atoms with Crippen LogP contribution in [0.1, 0.15) is 12.2 Å². The summed E-state index contributed by atoms with van der Waals surface area (Å²) in [5.74, 6) is 2.37. The molecule has 19 heavy (non-hydrogen) atoms. The van der Waals surface area contributed by atoms with Crippen LogP contribution in [0.5, 0.6) is 11.7 Å². The summed E-state index contributed by atoms with van der Waals surface area (Å²) in [6.07, 6.45) is 5.18. The Labute approximate surface area is 114 Å². The van der Waals surface area contributed by atoms with Gasteiger partial charge in [-0.3, -0.25) is 0 Å². The number of aryl methyl sites for hydroxylation is 1. The number of allylic oxidation sites excluding steroid dienone is 2. The molecule has 0 aliphatic rings. The summed E-state index contributed by atoms with van der Waals surface area (Å²) in [5, 5.41) is 0. The van der Waals surface area contributed by atoms with E-state index < -0.39 is 0 Å². The molecular formula is C17H17O2. The second-order valence-electron chi connectivity index (χ2n) is 4.27. The molecule has 2 heteroatoms. The fraction of sp³-hybridized carbons (Fsp3) is 0.176. The SMILES string of the molecule is [CH]=CC(C=C)CCc1ccc(Oc2ccccc2)o1. The second-order valence-corrected chi connectivity index (χ2v) is 4.27. The Morgan fingerprint density at radius 2 is 2.00 bits per heavy atom. The van der Waals surface area contributed by atoms with Crippen LogP contribution in [0.2, 0.25) is 0 Å². The van der Waals surface area contributed by atoms with Crippen molar-refractivity contribution in [2.24, 2.45) is 5.92 Å². The lowest BCUT2D eigenvalue weighted by Crippen LogP contribution is -1.93. The summed E-state index contributed by atoms with van der Waals surface area (Å²) < 4.78 is 11.2. The van der Waals surface area contributed by atoms with E-state index in [9.17, 15) is 0 Å². The third kappa shape index (κ3) is 3.88. The van der Waals surface area contributed by atoms with Crippen LogP contribution in [-0.2, 0) is 6.42 Å². The largest absolute Gasteiger partial charge is 0.431 e. The number of furan rings is 1. The zero-order valence-corrected chi connectivity index (χ0v) is 10.8. The van der Waals surface area contributed by atoms with Gasteiger partial charge in [0.05, 0.1) is 0 Å². The maximum absolute atomic E-state index is 5.62. The van der Waals surface area contributed by atoms with Gasteiger partial charge in [-0.1, -0.05) is 36.9 Å². The summed E-state index contributed by atoms with van der Waals surface area (Å²) in [4.78, 5) is 0. The molecule has 1 atom stereocenters. The standard InChI is InChI=1S/C17H17O2/c1-3-14(4-2)10-11-16-12-13-17(19-16)18-15-8-6-5-7-9-15/h1,3-9,12-14H,2,10-11H2. The van der Waals surface area contributed by atoms with E-state index in [1.54, 1.807) is 6.08 Å². The van der Waals surface area contributed by atoms with Crippen LogP contribution in [-0.4, -0.2) is 0 Å². The molecule has 0 amide bonds. The highest BCUT2D eigenvalue weighted by molar-refractivity contribution is 5.26. The van der Waals surface area contributed by atoms with Crippen molar-refractivity contribution >= 4 is 0 Å². The molecule has 2 aromatic rings. The fourth-order valence-electron chi connectivity index (χ4n) is 1.75. The molecule has 0 bridgehead atoms. The van der Waals surface area contributed by atoms with Gasteiger partial charge in [0.1, 0.15) is 11.5 Å².